The van der Waals surface area contributed by atoms with Crippen molar-refractivity contribution in [3.05, 3.63) is 6.20 Å². The van der Waals surface area contributed by atoms with Gasteiger partial charge in [-0.05, 0) is 19.8 Å². The number of hydrogen-bond acceptors (Lipinski definition) is 6. The van der Waals surface area contributed by atoms with Gasteiger partial charge in [0.1, 0.15) is 5.82 Å². The second-order valence-corrected chi connectivity index (χ2v) is 4.65. The van der Waals surface area contributed by atoms with E-state index in [1.165, 1.54) is 0 Å². The molecule has 0 amide bonds. The van der Waals surface area contributed by atoms with E-state index in [9.17, 15) is 5.11 Å². The Morgan fingerprint density at radius 2 is 2.16 bits per heavy atom. The van der Waals surface area contributed by atoms with Crippen LogP contribution in [-0.2, 0) is 0 Å². The number of aliphatic hydroxyl groups excluding tert-OH is 1. The van der Waals surface area contributed by atoms with Crippen LogP contribution in [-0.4, -0.2) is 44.5 Å². The molecule has 0 saturated carbocycles. The highest BCUT2D eigenvalue weighted by atomic mass is 16.3. The highest BCUT2D eigenvalue weighted by Gasteiger charge is 2.15. The zero-order valence-corrected chi connectivity index (χ0v) is 11.4. The molecule has 0 fully saturated rings. The molecule has 104 valence electrons. The van der Waals surface area contributed by atoms with Gasteiger partial charge in [-0.25, -0.2) is 0 Å². The first kappa shape index (κ1) is 13.5. The average Bonchev–Trinajstić information content (AvgIpc) is 2.86. The number of nitrogens with one attached hydrogen (secondary N) is 3. The zero-order chi connectivity index (χ0) is 13.8. The first-order chi connectivity index (χ1) is 9.15. The summed E-state index contributed by atoms with van der Waals surface area (Å²) in [6, 6.07) is 0.104. The first-order valence-electron chi connectivity index (χ1n) is 6.48. The van der Waals surface area contributed by atoms with Crippen molar-refractivity contribution < 1.29 is 5.11 Å². The molecule has 19 heavy (non-hydrogen) atoms. The molecular formula is C12H20N6O. The largest absolute Gasteiger partial charge is 0.396 e. The maximum Gasteiger partial charge on any atom is 0.226 e. The lowest BCUT2D eigenvalue weighted by Gasteiger charge is -2.20. The van der Waals surface area contributed by atoms with Crippen molar-refractivity contribution in [2.75, 3.05) is 23.8 Å². The molecule has 7 heteroatoms. The minimum absolute atomic E-state index is 0.104. The number of anilines is 2. The van der Waals surface area contributed by atoms with Gasteiger partial charge < -0.3 is 15.7 Å². The van der Waals surface area contributed by atoms with Gasteiger partial charge in [-0.2, -0.15) is 15.1 Å². The number of fused-ring (bicyclic) bond motifs is 1. The van der Waals surface area contributed by atoms with Crippen molar-refractivity contribution in [1.82, 2.24) is 20.2 Å². The maximum absolute atomic E-state index is 9.19. The minimum Gasteiger partial charge on any atom is -0.396 e. The number of aromatic amines is 1. The Bertz CT molecular complexity index is 540. The molecule has 0 aliphatic rings. The number of hydrogen-bond donors (Lipinski definition) is 4. The molecule has 0 saturated heterocycles. The fourth-order valence-electron chi connectivity index (χ4n) is 1.70. The van der Waals surface area contributed by atoms with Crippen LogP contribution in [0.2, 0.25) is 0 Å². The van der Waals surface area contributed by atoms with Crippen LogP contribution in [0.3, 0.4) is 0 Å². The summed E-state index contributed by atoms with van der Waals surface area (Å²) in [4.78, 5) is 8.77. The third-order valence-corrected chi connectivity index (χ3v) is 3.15. The van der Waals surface area contributed by atoms with Crippen LogP contribution in [0.1, 0.15) is 20.8 Å². The van der Waals surface area contributed by atoms with Gasteiger partial charge in [0.25, 0.3) is 0 Å². The molecule has 2 aromatic rings. The van der Waals surface area contributed by atoms with Gasteiger partial charge in [0, 0.05) is 19.2 Å². The zero-order valence-electron chi connectivity index (χ0n) is 11.4. The molecule has 0 spiro atoms. The lowest BCUT2D eigenvalue weighted by atomic mass is 10.1. The molecule has 0 bridgehead atoms. The SMILES string of the molecule is CCNc1nc(NC(C)C(C)CO)c2cn[nH]c2n1. The van der Waals surface area contributed by atoms with E-state index in [-0.39, 0.29) is 18.6 Å². The molecule has 2 heterocycles. The lowest BCUT2D eigenvalue weighted by molar-refractivity contribution is 0.226. The van der Waals surface area contributed by atoms with E-state index >= 15 is 0 Å². The Balaban J connectivity index is 2.31. The second-order valence-electron chi connectivity index (χ2n) is 4.65. The van der Waals surface area contributed by atoms with Crippen molar-refractivity contribution in [3.8, 4) is 0 Å². The standard InChI is InChI=1S/C12H20N6O/c1-4-13-12-16-10(15-8(3)7(2)6-19)9-5-14-18-11(9)17-12/h5,7-8,19H,4,6H2,1-3H3,(H3,13,14,15,16,17,18). The van der Waals surface area contributed by atoms with Crippen molar-refractivity contribution >= 4 is 22.8 Å². The molecule has 7 nitrogen and oxygen atoms in total. The van der Waals surface area contributed by atoms with Crippen LogP contribution in [0.5, 0.6) is 0 Å². The highest BCUT2D eigenvalue weighted by Crippen LogP contribution is 2.21. The molecule has 0 aliphatic carbocycles. The maximum atomic E-state index is 9.19. The second kappa shape index (κ2) is 5.83. The molecular weight excluding hydrogens is 244 g/mol. The molecule has 2 atom stereocenters. The number of nitrogens with zero attached hydrogens (tertiary/aromatic N) is 3. The third-order valence-electron chi connectivity index (χ3n) is 3.15. The first-order valence-corrected chi connectivity index (χ1v) is 6.48. The fourth-order valence-corrected chi connectivity index (χ4v) is 1.70. The lowest BCUT2D eigenvalue weighted by Crippen LogP contribution is -2.27. The molecule has 0 aliphatic heterocycles. The summed E-state index contributed by atoms with van der Waals surface area (Å²) >= 11 is 0. The van der Waals surface area contributed by atoms with Crippen LogP contribution in [0.25, 0.3) is 11.0 Å². The van der Waals surface area contributed by atoms with E-state index in [1.54, 1.807) is 6.20 Å². The Hall–Kier alpha value is -1.89. The molecule has 2 unspecified atom stereocenters. The topological polar surface area (TPSA) is 98.8 Å². The Morgan fingerprint density at radius 1 is 1.37 bits per heavy atom. The number of aromatic nitrogens is 4. The van der Waals surface area contributed by atoms with Crippen molar-refractivity contribution in [3.63, 3.8) is 0 Å². The average molecular weight is 264 g/mol. The van der Waals surface area contributed by atoms with E-state index in [4.69, 9.17) is 0 Å². The van der Waals surface area contributed by atoms with E-state index < -0.39 is 0 Å². The Labute approximate surface area is 111 Å². The van der Waals surface area contributed by atoms with Crippen LogP contribution >= 0.6 is 0 Å². The summed E-state index contributed by atoms with van der Waals surface area (Å²) in [6.07, 6.45) is 1.70. The molecule has 2 aromatic heterocycles. The highest BCUT2D eigenvalue weighted by molar-refractivity contribution is 5.87. The number of rotatable bonds is 6. The van der Waals surface area contributed by atoms with Crippen molar-refractivity contribution in [2.24, 2.45) is 5.92 Å². The molecule has 0 aromatic carbocycles. The Morgan fingerprint density at radius 3 is 2.84 bits per heavy atom. The number of aliphatic hydroxyl groups is 1. The van der Waals surface area contributed by atoms with Crippen LogP contribution < -0.4 is 10.6 Å². The predicted molar refractivity (Wildman–Crippen MR) is 75.2 cm³/mol. The van der Waals surface area contributed by atoms with Gasteiger partial charge in [-0.1, -0.05) is 6.92 Å². The third kappa shape index (κ3) is 2.93. The van der Waals surface area contributed by atoms with Crippen LogP contribution in [0.15, 0.2) is 6.20 Å². The summed E-state index contributed by atoms with van der Waals surface area (Å²) in [7, 11) is 0. The van der Waals surface area contributed by atoms with E-state index in [0.717, 1.165) is 17.7 Å². The van der Waals surface area contributed by atoms with Crippen LogP contribution in [0, 0.1) is 5.92 Å². The summed E-state index contributed by atoms with van der Waals surface area (Å²) in [5, 5.41) is 23.3. The normalized spacial score (nSPS) is 14.3. The molecule has 4 N–H and O–H groups in total. The van der Waals surface area contributed by atoms with Crippen molar-refractivity contribution in [1.29, 1.82) is 0 Å². The van der Waals surface area contributed by atoms with Gasteiger partial charge in [0.15, 0.2) is 5.65 Å². The smallest absolute Gasteiger partial charge is 0.226 e. The summed E-state index contributed by atoms with van der Waals surface area (Å²) in [5.74, 6) is 1.42. The Kier molecular flexibility index (Phi) is 4.16. The summed E-state index contributed by atoms with van der Waals surface area (Å²) in [6.45, 7) is 6.87. The van der Waals surface area contributed by atoms with Crippen molar-refractivity contribution in [2.45, 2.75) is 26.8 Å². The molecule has 0 radical (unpaired) electrons. The molecule has 2 rings (SSSR count). The van der Waals surface area contributed by atoms with Gasteiger partial charge >= 0.3 is 0 Å². The number of H-pyrrole nitrogens is 1. The summed E-state index contributed by atoms with van der Waals surface area (Å²) in [5.41, 5.74) is 0.692. The van der Waals surface area contributed by atoms with Gasteiger partial charge in [-0.3, -0.25) is 5.10 Å². The van der Waals surface area contributed by atoms with Gasteiger partial charge in [0.2, 0.25) is 5.95 Å². The fraction of sp³-hybridized carbons (Fsp3) is 0.583. The quantitative estimate of drug-likeness (QED) is 0.626. The van der Waals surface area contributed by atoms with E-state index in [1.807, 2.05) is 20.8 Å². The van der Waals surface area contributed by atoms with Gasteiger partial charge in [-0.15, -0.1) is 0 Å². The van der Waals surface area contributed by atoms with E-state index in [0.29, 0.717) is 11.6 Å². The predicted octanol–water partition coefficient (Wildman–Crippen LogP) is 1.21. The summed E-state index contributed by atoms with van der Waals surface area (Å²) < 4.78 is 0. The van der Waals surface area contributed by atoms with Gasteiger partial charge in [0.05, 0.1) is 11.6 Å². The monoisotopic (exact) mass is 264 g/mol. The van der Waals surface area contributed by atoms with E-state index in [2.05, 4.69) is 30.8 Å². The minimum atomic E-state index is 0.104. The van der Waals surface area contributed by atoms with Crippen LogP contribution in [0.4, 0.5) is 11.8 Å².